The van der Waals surface area contributed by atoms with Gasteiger partial charge in [-0.2, -0.15) is 0 Å². The van der Waals surface area contributed by atoms with E-state index >= 15 is 0 Å². The zero-order chi connectivity index (χ0) is 14.7. The Morgan fingerprint density at radius 3 is 2.85 bits per heavy atom. The summed E-state index contributed by atoms with van der Waals surface area (Å²) in [5.74, 6) is -1.10. The van der Waals surface area contributed by atoms with Crippen LogP contribution >= 0.6 is 11.8 Å². The smallest absolute Gasteiger partial charge is 0.343 e. The second kappa shape index (κ2) is 5.74. The highest BCUT2D eigenvalue weighted by molar-refractivity contribution is 7.98. The Morgan fingerprint density at radius 2 is 2.30 bits per heavy atom. The third kappa shape index (κ3) is 2.97. The lowest BCUT2D eigenvalue weighted by molar-refractivity contribution is -0.385. The summed E-state index contributed by atoms with van der Waals surface area (Å²) in [6.45, 7) is 1.77. The summed E-state index contributed by atoms with van der Waals surface area (Å²) in [7, 11) is 0. The predicted molar refractivity (Wildman–Crippen MR) is 70.9 cm³/mol. The van der Waals surface area contributed by atoms with Crippen molar-refractivity contribution in [3.63, 3.8) is 0 Å². The van der Waals surface area contributed by atoms with Gasteiger partial charge in [-0.1, -0.05) is 23.9 Å². The normalized spacial score (nSPS) is 10.4. The molecule has 0 radical (unpaired) electrons. The second-order valence-corrected chi connectivity index (χ2v) is 4.84. The van der Waals surface area contributed by atoms with E-state index in [9.17, 15) is 14.9 Å². The molecule has 7 nitrogen and oxygen atoms in total. The average Bonchev–Trinajstić information content (AvgIpc) is 2.81. The number of aryl methyl sites for hydroxylation is 1. The SMILES string of the molecule is Cc1coc(SCc2cccc([N+](=O)[O-])c2C(=O)O)n1. The number of oxazole rings is 1. The lowest BCUT2D eigenvalue weighted by atomic mass is 10.1. The van der Waals surface area contributed by atoms with Crippen LogP contribution in [0.5, 0.6) is 0 Å². The van der Waals surface area contributed by atoms with Gasteiger partial charge in [-0.3, -0.25) is 10.1 Å². The standard InChI is InChI=1S/C12H10N2O5S/c1-7-5-19-12(13-7)20-6-8-3-2-4-9(14(17)18)10(8)11(15)16/h2-5H,6H2,1H3,(H,15,16). The highest BCUT2D eigenvalue weighted by Gasteiger charge is 2.23. The molecular weight excluding hydrogens is 284 g/mol. The maximum Gasteiger partial charge on any atom is 0.343 e. The molecular formula is C12H10N2O5S. The molecule has 1 aromatic heterocycles. The van der Waals surface area contributed by atoms with E-state index in [0.717, 1.165) is 0 Å². The molecule has 2 rings (SSSR count). The molecule has 0 spiro atoms. The number of rotatable bonds is 5. The summed E-state index contributed by atoms with van der Waals surface area (Å²) in [5, 5.41) is 20.4. The number of hydrogen-bond donors (Lipinski definition) is 1. The third-order valence-electron chi connectivity index (χ3n) is 2.49. The van der Waals surface area contributed by atoms with Crippen molar-refractivity contribution >= 4 is 23.4 Å². The fraction of sp³-hybridized carbons (Fsp3) is 0.167. The van der Waals surface area contributed by atoms with E-state index in [4.69, 9.17) is 9.52 Å². The Hall–Kier alpha value is -2.35. The summed E-state index contributed by atoms with van der Waals surface area (Å²) in [6, 6.07) is 4.17. The van der Waals surface area contributed by atoms with Crippen molar-refractivity contribution in [2.75, 3.05) is 0 Å². The minimum Gasteiger partial charge on any atom is -0.477 e. The number of carboxylic acid groups (broad SMARTS) is 1. The molecule has 0 saturated carbocycles. The molecule has 104 valence electrons. The minimum absolute atomic E-state index is 0.225. The van der Waals surface area contributed by atoms with Crippen LogP contribution in [-0.2, 0) is 5.75 Å². The zero-order valence-electron chi connectivity index (χ0n) is 10.4. The van der Waals surface area contributed by atoms with E-state index in [0.29, 0.717) is 16.5 Å². The summed E-state index contributed by atoms with van der Waals surface area (Å²) in [6.07, 6.45) is 1.48. The van der Waals surface area contributed by atoms with E-state index in [-0.39, 0.29) is 11.3 Å². The summed E-state index contributed by atoms with van der Waals surface area (Å²) in [5.41, 5.74) is 0.352. The van der Waals surface area contributed by atoms with Gasteiger partial charge in [0.25, 0.3) is 10.9 Å². The van der Waals surface area contributed by atoms with Crippen LogP contribution in [0, 0.1) is 17.0 Å². The van der Waals surface area contributed by atoms with E-state index in [2.05, 4.69) is 4.98 Å². The third-order valence-corrected chi connectivity index (χ3v) is 3.38. The van der Waals surface area contributed by atoms with Gasteiger partial charge in [0.2, 0.25) is 0 Å². The van der Waals surface area contributed by atoms with Gasteiger partial charge >= 0.3 is 5.97 Å². The summed E-state index contributed by atoms with van der Waals surface area (Å²) >= 11 is 1.18. The van der Waals surface area contributed by atoms with E-state index in [1.807, 2.05) is 0 Å². The summed E-state index contributed by atoms with van der Waals surface area (Å²) in [4.78, 5) is 25.4. The molecule has 0 fully saturated rings. The molecule has 0 amide bonds. The molecule has 1 N–H and O–H groups in total. The number of carboxylic acids is 1. The molecule has 0 aliphatic carbocycles. The summed E-state index contributed by atoms with van der Waals surface area (Å²) < 4.78 is 5.13. The van der Waals surface area contributed by atoms with Crippen LogP contribution in [0.2, 0.25) is 0 Å². The number of hydrogen-bond acceptors (Lipinski definition) is 6. The molecule has 0 bridgehead atoms. The van der Waals surface area contributed by atoms with Crippen molar-refractivity contribution in [3.05, 3.63) is 51.4 Å². The number of carbonyl (C=O) groups is 1. The van der Waals surface area contributed by atoms with Crippen molar-refractivity contribution in [2.45, 2.75) is 17.9 Å². The van der Waals surface area contributed by atoms with Gasteiger partial charge in [0, 0.05) is 11.8 Å². The molecule has 8 heteroatoms. The van der Waals surface area contributed by atoms with Crippen molar-refractivity contribution in [3.8, 4) is 0 Å². The van der Waals surface area contributed by atoms with Gasteiger partial charge in [0.15, 0.2) is 0 Å². The molecule has 0 atom stereocenters. The van der Waals surface area contributed by atoms with Gasteiger partial charge in [0.05, 0.1) is 10.6 Å². The fourth-order valence-electron chi connectivity index (χ4n) is 1.64. The Balaban J connectivity index is 2.29. The zero-order valence-corrected chi connectivity index (χ0v) is 11.2. The number of thioether (sulfide) groups is 1. The quantitative estimate of drug-likeness (QED) is 0.513. The maximum atomic E-state index is 11.2. The molecule has 1 aromatic carbocycles. The Bertz CT molecular complexity index is 668. The first kappa shape index (κ1) is 14.1. The first-order valence-corrected chi connectivity index (χ1v) is 6.52. The number of aromatic nitrogens is 1. The lowest BCUT2D eigenvalue weighted by Gasteiger charge is -2.04. The van der Waals surface area contributed by atoms with Gasteiger partial charge in [-0.15, -0.1) is 0 Å². The molecule has 1 heterocycles. The Labute approximate surface area is 117 Å². The highest BCUT2D eigenvalue weighted by atomic mass is 32.2. The average molecular weight is 294 g/mol. The van der Waals surface area contributed by atoms with Crippen molar-refractivity contribution in [2.24, 2.45) is 0 Å². The number of benzene rings is 1. The first-order chi connectivity index (χ1) is 9.49. The molecule has 0 aliphatic rings. The van der Waals surface area contributed by atoms with Crippen molar-refractivity contribution in [1.29, 1.82) is 0 Å². The topological polar surface area (TPSA) is 106 Å². The van der Waals surface area contributed by atoms with Crippen LogP contribution in [0.15, 0.2) is 34.1 Å². The van der Waals surface area contributed by atoms with Gasteiger partial charge in [0.1, 0.15) is 11.8 Å². The predicted octanol–water partition coefficient (Wildman–Crippen LogP) is 2.88. The second-order valence-electron chi connectivity index (χ2n) is 3.92. The van der Waals surface area contributed by atoms with Crippen LogP contribution in [0.3, 0.4) is 0 Å². The largest absolute Gasteiger partial charge is 0.477 e. The van der Waals surface area contributed by atoms with Gasteiger partial charge in [-0.25, -0.2) is 9.78 Å². The van der Waals surface area contributed by atoms with Crippen LogP contribution < -0.4 is 0 Å². The van der Waals surface area contributed by atoms with Crippen LogP contribution in [0.1, 0.15) is 21.6 Å². The highest BCUT2D eigenvalue weighted by Crippen LogP contribution is 2.28. The fourth-order valence-corrected chi connectivity index (χ4v) is 2.49. The number of aromatic carboxylic acids is 1. The number of nitro benzene ring substituents is 1. The maximum absolute atomic E-state index is 11.2. The Morgan fingerprint density at radius 1 is 1.55 bits per heavy atom. The number of nitrogens with zero attached hydrogens (tertiary/aromatic N) is 2. The molecule has 0 aliphatic heterocycles. The molecule has 0 unspecified atom stereocenters. The van der Waals surface area contributed by atoms with Crippen molar-refractivity contribution < 1.29 is 19.2 Å². The van der Waals surface area contributed by atoms with Gasteiger partial charge in [-0.05, 0) is 12.5 Å². The monoisotopic (exact) mass is 294 g/mol. The Kier molecular flexibility index (Phi) is 4.04. The minimum atomic E-state index is -1.32. The number of nitro groups is 1. The van der Waals surface area contributed by atoms with Crippen LogP contribution in [0.25, 0.3) is 0 Å². The van der Waals surface area contributed by atoms with Crippen LogP contribution in [0.4, 0.5) is 5.69 Å². The van der Waals surface area contributed by atoms with E-state index in [1.54, 1.807) is 13.0 Å². The van der Waals surface area contributed by atoms with Gasteiger partial charge < -0.3 is 9.52 Å². The molecule has 2 aromatic rings. The van der Waals surface area contributed by atoms with E-state index in [1.165, 1.54) is 30.2 Å². The van der Waals surface area contributed by atoms with Crippen molar-refractivity contribution in [1.82, 2.24) is 4.98 Å². The molecule has 20 heavy (non-hydrogen) atoms. The van der Waals surface area contributed by atoms with E-state index < -0.39 is 16.6 Å². The lowest BCUT2D eigenvalue weighted by Crippen LogP contribution is -2.06. The first-order valence-electron chi connectivity index (χ1n) is 5.53. The van der Waals surface area contributed by atoms with Crippen LogP contribution in [-0.4, -0.2) is 21.0 Å². The molecule has 0 saturated heterocycles.